The van der Waals surface area contributed by atoms with Gasteiger partial charge < -0.3 is 10.6 Å². The Balaban J connectivity index is 0.00000312. The van der Waals surface area contributed by atoms with Gasteiger partial charge in [0.15, 0.2) is 5.96 Å². The largest absolute Gasteiger partial charge is 0.357 e. The molecular formula is C18H35IN6. The Bertz CT molecular complexity index is 494. The van der Waals surface area contributed by atoms with Crippen molar-refractivity contribution >= 4 is 29.9 Å². The number of unbranched alkanes of at least 4 members (excludes halogenated alkanes) is 1. The van der Waals surface area contributed by atoms with Gasteiger partial charge in [-0.2, -0.15) is 5.10 Å². The average Bonchev–Trinajstić information content (AvgIpc) is 3.01. The summed E-state index contributed by atoms with van der Waals surface area (Å²) in [5.41, 5.74) is 0. The lowest BCUT2D eigenvalue weighted by atomic mass is 9.80. The highest BCUT2D eigenvalue weighted by Gasteiger charge is 2.20. The second-order valence-corrected chi connectivity index (χ2v) is 6.90. The van der Waals surface area contributed by atoms with E-state index in [2.05, 4.69) is 39.6 Å². The van der Waals surface area contributed by atoms with Crippen molar-refractivity contribution in [3.63, 3.8) is 0 Å². The molecule has 1 heterocycles. The van der Waals surface area contributed by atoms with Gasteiger partial charge in [0, 0.05) is 20.1 Å². The van der Waals surface area contributed by atoms with Gasteiger partial charge in [-0.25, -0.2) is 9.98 Å². The van der Waals surface area contributed by atoms with Crippen LogP contribution in [-0.4, -0.2) is 33.8 Å². The fourth-order valence-electron chi connectivity index (χ4n) is 3.41. The third-order valence-corrected chi connectivity index (χ3v) is 5.02. The van der Waals surface area contributed by atoms with Crippen molar-refractivity contribution in [1.82, 2.24) is 25.4 Å². The monoisotopic (exact) mass is 462 g/mol. The van der Waals surface area contributed by atoms with E-state index in [0.29, 0.717) is 6.54 Å². The quantitative estimate of drug-likeness (QED) is 0.353. The van der Waals surface area contributed by atoms with Crippen LogP contribution >= 0.6 is 24.0 Å². The first-order valence-electron chi connectivity index (χ1n) is 9.58. The Morgan fingerprint density at radius 3 is 2.52 bits per heavy atom. The number of aliphatic imine (C=N–C) groups is 1. The van der Waals surface area contributed by atoms with Crippen LogP contribution in [0.2, 0.25) is 0 Å². The lowest BCUT2D eigenvalue weighted by Gasteiger charge is -2.29. The average molecular weight is 462 g/mol. The zero-order valence-electron chi connectivity index (χ0n) is 16.0. The molecule has 1 aromatic heterocycles. The van der Waals surface area contributed by atoms with Crippen LogP contribution < -0.4 is 10.6 Å². The molecule has 1 aromatic rings. The molecule has 1 aliphatic rings. The van der Waals surface area contributed by atoms with Gasteiger partial charge in [0.25, 0.3) is 0 Å². The first-order chi connectivity index (χ1) is 11.7. The van der Waals surface area contributed by atoms with Crippen LogP contribution in [0.25, 0.3) is 0 Å². The number of nitrogens with zero attached hydrogens (tertiary/aromatic N) is 4. The maximum atomic E-state index is 4.63. The maximum Gasteiger partial charge on any atom is 0.191 e. The van der Waals surface area contributed by atoms with E-state index in [0.717, 1.165) is 36.7 Å². The normalized spacial score (nSPS) is 20.8. The van der Waals surface area contributed by atoms with Crippen molar-refractivity contribution in [1.29, 1.82) is 0 Å². The van der Waals surface area contributed by atoms with Crippen molar-refractivity contribution in [2.24, 2.45) is 23.9 Å². The third-order valence-electron chi connectivity index (χ3n) is 5.02. The van der Waals surface area contributed by atoms with Crippen molar-refractivity contribution in [2.75, 3.05) is 13.1 Å². The van der Waals surface area contributed by atoms with Crippen LogP contribution in [0.5, 0.6) is 0 Å². The predicted octanol–water partition coefficient (Wildman–Crippen LogP) is 3.48. The number of aryl methyl sites for hydroxylation is 1. The summed E-state index contributed by atoms with van der Waals surface area (Å²) in [7, 11) is 1.90. The van der Waals surface area contributed by atoms with Crippen LogP contribution in [0.1, 0.15) is 64.6 Å². The van der Waals surface area contributed by atoms with Gasteiger partial charge in [0.05, 0.1) is 0 Å². The van der Waals surface area contributed by atoms with Crippen molar-refractivity contribution in [3.05, 3.63) is 12.2 Å². The second kappa shape index (κ2) is 12.5. The number of hydrogen-bond acceptors (Lipinski definition) is 3. The molecule has 6 nitrogen and oxygen atoms in total. The van der Waals surface area contributed by atoms with Gasteiger partial charge >= 0.3 is 0 Å². The highest BCUT2D eigenvalue weighted by molar-refractivity contribution is 14.0. The lowest BCUT2D eigenvalue weighted by Crippen LogP contribution is -2.40. The third kappa shape index (κ3) is 7.92. The van der Waals surface area contributed by atoms with E-state index < -0.39 is 0 Å². The highest BCUT2D eigenvalue weighted by atomic mass is 127. The molecule has 2 N–H and O–H groups in total. The Morgan fingerprint density at radius 2 is 1.92 bits per heavy atom. The minimum absolute atomic E-state index is 0. The van der Waals surface area contributed by atoms with Crippen molar-refractivity contribution in [2.45, 2.75) is 65.3 Å². The molecule has 25 heavy (non-hydrogen) atoms. The van der Waals surface area contributed by atoms with Crippen molar-refractivity contribution in [3.8, 4) is 0 Å². The van der Waals surface area contributed by atoms with E-state index in [4.69, 9.17) is 0 Å². The summed E-state index contributed by atoms with van der Waals surface area (Å²) >= 11 is 0. The summed E-state index contributed by atoms with van der Waals surface area (Å²) in [6.07, 6.45) is 11.2. The van der Waals surface area contributed by atoms with Gasteiger partial charge in [-0.1, -0.05) is 39.0 Å². The van der Waals surface area contributed by atoms with E-state index in [1.165, 1.54) is 44.9 Å². The Morgan fingerprint density at radius 1 is 1.20 bits per heavy atom. The number of rotatable bonds is 8. The van der Waals surface area contributed by atoms with Crippen LogP contribution in [-0.2, 0) is 13.6 Å². The van der Waals surface area contributed by atoms with Gasteiger partial charge in [-0.3, -0.25) is 4.68 Å². The van der Waals surface area contributed by atoms with Gasteiger partial charge in [-0.05, 0) is 31.6 Å². The van der Waals surface area contributed by atoms with Crippen LogP contribution in [0.15, 0.2) is 11.3 Å². The lowest BCUT2D eigenvalue weighted by molar-refractivity contribution is 0.259. The summed E-state index contributed by atoms with van der Waals surface area (Å²) in [5, 5.41) is 10.9. The summed E-state index contributed by atoms with van der Waals surface area (Å²) < 4.78 is 1.77. The number of guanidine groups is 1. The molecule has 0 aliphatic heterocycles. The molecule has 0 amide bonds. The molecular weight excluding hydrogens is 427 g/mol. The predicted molar refractivity (Wildman–Crippen MR) is 114 cm³/mol. The van der Waals surface area contributed by atoms with E-state index in [1.807, 2.05) is 7.05 Å². The molecule has 0 saturated heterocycles. The number of hydrogen-bond donors (Lipinski definition) is 2. The van der Waals surface area contributed by atoms with Crippen LogP contribution in [0.3, 0.4) is 0 Å². The van der Waals surface area contributed by atoms with Crippen LogP contribution in [0, 0.1) is 11.8 Å². The summed E-state index contributed by atoms with van der Waals surface area (Å²) in [6.45, 7) is 6.83. The number of nitrogens with one attached hydrogen (secondary N) is 2. The molecule has 0 bridgehead atoms. The van der Waals surface area contributed by atoms with Crippen molar-refractivity contribution < 1.29 is 0 Å². The van der Waals surface area contributed by atoms with Gasteiger partial charge in [0.2, 0.25) is 0 Å². The highest BCUT2D eigenvalue weighted by Crippen LogP contribution is 2.31. The van der Waals surface area contributed by atoms with E-state index in [-0.39, 0.29) is 24.0 Å². The first kappa shape index (κ1) is 22.2. The topological polar surface area (TPSA) is 67.1 Å². The van der Waals surface area contributed by atoms with Gasteiger partial charge in [0.1, 0.15) is 18.7 Å². The first-order valence-corrected chi connectivity index (χ1v) is 9.58. The van der Waals surface area contributed by atoms with E-state index in [1.54, 1.807) is 11.0 Å². The molecule has 144 valence electrons. The molecule has 1 saturated carbocycles. The molecule has 0 aromatic carbocycles. The molecule has 1 aliphatic carbocycles. The minimum atomic E-state index is 0. The molecule has 2 rings (SSSR count). The van der Waals surface area contributed by atoms with Crippen LogP contribution in [0.4, 0.5) is 0 Å². The zero-order chi connectivity index (χ0) is 17.2. The SMILES string of the molecule is CCCCC1CCC(CNC(=NCc2ncnn2C)NCC)CC1.I. The fraction of sp³-hybridized carbons (Fsp3) is 0.833. The van der Waals surface area contributed by atoms with E-state index in [9.17, 15) is 0 Å². The fourth-order valence-corrected chi connectivity index (χ4v) is 3.41. The Labute approximate surface area is 169 Å². The zero-order valence-corrected chi connectivity index (χ0v) is 18.3. The summed E-state index contributed by atoms with van der Waals surface area (Å²) in [5.74, 6) is 3.51. The summed E-state index contributed by atoms with van der Waals surface area (Å²) in [6, 6.07) is 0. The molecule has 0 spiro atoms. The molecule has 0 unspecified atom stereocenters. The standard InChI is InChI=1S/C18H34N6.HI/c1-4-6-7-15-8-10-16(11-9-15)12-20-18(19-5-2)21-13-17-22-14-23-24(17)3;/h14-16H,4-13H2,1-3H3,(H2,19,20,21);1H. The minimum Gasteiger partial charge on any atom is -0.357 e. The molecule has 0 atom stereocenters. The summed E-state index contributed by atoms with van der Waals surface area (Å²) in [4.78, 5) is 8.85. The molecule has 1 fully saturated rings. The Kier molecular flexibility index (Phi) is 11.1. The maximum absolute atomic E-state index is 4.63. The van der Waals surface area contributed by atoms with E-state index >= 15 is 0 Å². The molecule has 7 heteroatoms. The number of aromatic nitrogens is 3. The number of halogens is 1. The molecule has 0 radical (unpaired) electrons. The second-order valence-electron chi connectivity index (χ2n) is 6.90. The van der Waals surface area contributed by atoms with Gasteiger partial charge in [-0.15, -0.1) is 24.0 Å². The smallest absolute Gasteiger partial charge is 0.191 e. The Hall–Kier alpha value is -0.860.